The van der Waals surface area contributed by atoms with Crippen molar-refractivity contribution in [3.8, 4) is 11.8 Å². The molecule has 0 spiro atoms. The summed E-state index contributed by atoms with van der Waals surface area (Å²) in [5.74, 6) is 0.348. The molecule has 4 nitrogen and oxygen atoms in total. The summed E-state index contributed by atoms with van der Waals surface area (Å²) >= 11 is 0. The molecule has 0 amide bonds. The van der Waals surface area contributed by atoms with E-state index in [4.69, 9.17) is 5.26 Å². The molecule has 92 valence electrons. The average molecular weight is 244 g/mol. The van der Waals surface area contributed by atoms with E-state index in [1.54, 1.807) is 10.7 Å². The van der Waals surface area contributed by atoms with Crippen LogP contribution in [0.15, 0.2) is 24.3 Å². The fraction of sp³-hybridized carbons (Fsp3) is 0.231. The maximum Gasteiger partial charge on any atom is 0.150 e. The van der Waals surface area contributed by atoms with Gasteiger partial charge in [0.25, 0.3) is 0 Å². The number of hydrogen-bond acceptors (Lipinski definition) is 3. The van der Waals surface area contributed by atoms with Crippen LogP contribution in [0.4, 0.5) is 10.2 Å². The summed E-state index contributed by atoms with van der Waals surface area (Å²) in [7, 11) is 3.77. The van der Waals surface area contributed by atoms with Crippen LogP contribution in [0.3, 0.4) is 0 Å². The van der Waals surface area contributed by atoms with Gasteiger partial charge < -0.3 is 4.90 Å². The molecule has 0 aliphatic heterocycles. The Balaban J connectivity index is 2.55. The zero-order valence-corrected chi connectivity index (χ0v) is 10.5. The normalized spacial score (nSPS) is 10.2. The molecule has 2 aromatic rings. The zero-order valence-electron chi connectivity index (χ0n) is 10.5. The molecular weight excluding hydrogens is 231 g/mol. The number of halogens is 1. The molecule has 0 aliphatic carbocycles. The van der Waals surface area contributed by atoms with E-state index in [1.807, 2.05) is 38.1 Å². The van der Waals surface area contributed by atoms with Crippen LogP contribution in [-0.2, 0) is 0 Å². The van der Waals surface area contributed by atoms with Crippen molar-refractivity contribution in [3.05, 3.63) is 41.3 Å². The van der Waals surface area contributed by atoms with Gasteiger partial charge in [-0.25, -0.2) is 9.07 Å². The van der Waals surface area contributed by atoms with Gasteiger partial charge in [-0.15, -0.1) is 0 Å². The lowest BCUT2D eigenvalue weighted by Gasteiger charge is -2.07. The van der Waals surface area contributed by atoms with Crippen LogP contribution < -0.4 is 4.90 Å². The predicted octanol–water partition coefficient (Wildman–Crippen LogP) is 2.26. The van der Waals surface area contributed by atoms with Crippen molar-refractivity contribution < 1.29 is 4.39 Å². The number of rotatable bonds is 2. The molecule has 0 aliphatic rings. The average Bonchev–Trinajstić information content (AvgIpc) is 2.70. The first kappa shape index (κ1) is 12.1. The molecule has 0 saturated heterocycles. The van der Waals surface area contributed by atoms with Crippen LogP contribution >= 0.6 is 0 Å². The van der Waals surface area contributed by atoms with Crippen LogP contribution in [0.2, 0.25) is 0 Å². The molecule has 0 N–H and O–H groups in total. The molecule has 0 saturated carbocycles. The van der Waals surface area contributed by atoms with Gasteiger partial charge in [0.05, 0.1) is 17.3 Å². The van der Waals surface area contributed by atoms with Crippen molar-refractivity contribution in [2.24, 2.45) is 0 Å². The van der Waals surface area contributed by atoms with Crippen molar-refractivity contribution in [2.75, 3.05) is 19.0 Å². The third-order valence-corrected chi connectivity index (χ3v) is 2.59. The summed E-state index contributed by atoms with van der Waals surface area (Å²) in [5, 5.41) is 13.2. The Hall–Kier alpha value is -2.35. The third-order valence-electron chi connectivity index (χ3n) is 2.59. The molecule has 5 heteroatoms. The molecule has 1 heterocycles. The number of anilines is 1. The highest BCUT2D eigenvalue weighted by Crippen LogP contribution is 2.18. The van der Waals surface area contributed by atoms with Crippen LogP contribution in [0, 0.1) is 24.1 Å². The van der Waals surface area contributed by atoms with Gasteiger partial charge in [-0.05, 0) is 25.1 Å². The number of benzene rings is 1. The summed E-state index contributed by atoms with van der Waals surface area (Å²) in [6, 6.07) is 8.01. The Labute approximate surface area is 105 Å². The molecule has 0 fully saturated rings. The summed E-state index contributed by atoms with van der Waals surface area (Å²) in [6.07, 6.45) is 0. The highest BCUT2D eigenvalue weighted by molar-refractivity contribution is 5.46. The topological polar surface area (TPSA) is 44.9 Å². The summed E-state index contributed by atoms with van der Waals surface area (Å²) < 4.78 is 15.0. The molecule has 1 aromatic heterocycles. The van der Waals surface area contributed by atoms with E-state index < -0.39 is 5.82 Å². The van der Waals surface area contributed by atoms with E-state index in [-0.39, 0.29) is 5.56 Å². The van der Waals surface area contributed by atoms with E-state index >= 15 is 0 Å². The molecule has 0 unspecified atom stereocenters. The second-order valence-corrected chi connectivity index (χ2v) is 4.26. The number of hydrogen-bond donors (Lipinski definition) is 0. The first-order valence-corrected chi connectivity index (χ1v) is 5.46. The molecular formula is C13H13FN4. The van der Waals surface area contributed by atoms with E-state index in [0.717, 1.165) is 11.5 Å². The maximum atomic E-state index is 13.4. The SMILES string of the molecule is Cc1cc(N(C)C)nn1-c1cc(F)cc(C#N)c1. The first-order valence-electron chi connectivity index (χ1n) is 5.46. The molecule has 2 rings (SSSR count). The van der Waals surface area contributed by atoms with E-state index in [0.29, 0.717) is 5.69 Å². The number of nitrogens with zero attached hydrogens (tertiary/aromatic N) is 4. The Bertz CT molecular complexity index is 622. The number of nitriles is 1. The van der Waals surface area contributed by atoms with Crippen LogP contribution in [-0.4, -0.2) is 23.9 Å². The standard InChI is InChI=1S/C13H13FN4/c1-9-4-13(17(2)3)16-18(9)12-6-10(8-15)5-11(14)7-12/h4-7H,1-3H3. The highest BCUT2D eigenvalue weighted by atomic mass is 19.1. The van der Waals surface area contributed by atoms with Gasteiger partial charge in [-0.1, -0.05) is 0 Å². The Morgan fingerprint density at radius 3 is 2.56 bits per heavy atom. The van der Waals surface area contributed by atoms with Gasteiger partial charge in [-0.2, -0.15) is 10.4 Å². The minimum atomic E-state index is -0.439. The van der Waals surface area contributed by atoms with Gasteiger partial charge in [-0.3, -0.25) is 0 Å². The van der Waals surface area contributed by atoms with Crippen LogP contribution in [0.5, 0.6) is 0 Å². The first-order chi connectivity index (χ1) is 8.51. The van der Waals surface area contributed by atoms with Gasteiger partial charge in [0.15, 0.2) is 5.82 Å². The molecule has 0 radical (unpaired) electrons. The van der Waals surface area contributed by atoms with Crippen LogP contribution in [0.25, 0.3) is 5.69 Å². The van der Waals surface area contributed by atoms with Crippen molar-refractivity contribution in [2.45, 2.75) is 6.92 Å². The molecule has 0 bridgehead atoms. The van der Waals surface area contributed by atoms with Gasteiger partial charge in [0, 0.05) is 25.9 Å². The largest absolute Gasteiger partial charge is 0.361 e. The van der Waals surface area contributed by atoms with Gasteiger partial charge in [0.2, 0.25) is 0 Å². The van der Waals surface area contributed by atoms with E-state index in [1.165, 1.54) is 12.1 Å². The predicted molar refractivity (Wildman–Crippen MR) is 67.3 cm³/mol. The Morgan fingerprint density at radius 2 is 2.00 bits per heavy atom. The van der Waals surface area contributed by atoms with E-state index in [2.05, 4.69) is 5.10 Å². The zero-order chi connectivity index (χ0) is 13.3. The van der Waals surface area contributed by atoms with Crippen molar-refractivity contribution >= 4 is 5.82 Å². The lowest BCUT2D eigenvalue weighted by molar-refractivity contribution is 0.624. The van der Waals surface area contributed by atoms with Crippen molar-refractivity contribution in [1.29, 1.82) is 5.26 Å². The Morgan fingerprint density at radius 1 is 1.28 bits per heavy atom. The summed E-state index contributed by atoms with van der Waals surface area (Å²) in [4.78, 5) is 1.87. The highest BCUT2D eigenvalue weighted by Gasteiger charge is 2.09. The third kappa shape index (κ3) is 2.18. The number of aromatic nitrogens is 2. The smallest absolute Gasteiger partial charge is 0.150 e. The summed E-state index contributed by atoms with van der Waals surface area (Å²) in [5.41, 5.74) is 1.72. The van der Waals surface area contributed by atoms with Crippen molar-refractivity contribution in [1.82, 2.24) is 9.78 Å². The van der Waals surface area contributed by atoms with Crippen molar-refractivity contribution in [3.63, 3.8) is 0 Å². The maximum absolute atomic E-state index is 13.4. The number of aryl methyl sites for hydroxylation is 1. The molecule has 1 aromatic carbocycles. The minimum Gasteiger partial charge on any atom is -0.361 e. The van der Waals surface area contributed by atoms with Gasteiger partial charge in [0.1, 0.15) is 5.82 Å². The van der Waals surface area contributed by atoms with Crippen LogP contribution in [0.1, 0.15) is 11.3 Å². The minimum absolute atomic E-state index is 0.284. The lowest BCUT2D eigenvalue weighted by Crippen LogP contribution is -2.10. The molecule has 0 atom stereocenters. The second-order valence-electron chi connectivity index (χ2n) is 4.26. The fourth-order valence-electron chi connectivity index (χ4n) is 1.70. The van der Waals surface area contributed by atoms with Gasteiger partial charge >= 0.3 is 0 Å². The fourth-order valence-corrected chi connectivity index (χ4v) is 1.70. The monoisotopic (exact) mass is 244 g/mol. The lowest BCUT2D eigenvalue weighted by atomic mass is 10.2. The second kappa shape index (κ2) is 4.49. The summed E-state index contributed by atoms with van der Waals surface area (Å²) in [6.45, 7) is 1.89. The Kier molecular flexibility index (Phi) is 3.02. The quantitative estimate of drug-likeness (QED) is 0.814. The molecule has 18 heavy (non-hydrogen) atoms. The van der Waals surface area contributed by atoms with E-state index in [9.17, 15) is 4.39 Å².